The fourth-order valence-electron chi connectivity index (χ4n) is 2.15. The zero-order valence-electron chi connectivity index (χ0n) is 9.99. The van der Waals surface area contributed by atoms with Crippen molar-refractivity contribution in [1.82, 2.24) is 5.43 Å². The van der Waals surface area contributed by atoms with Gasteiger partial charge in [0.25, 0.3) is 0 Å². The Morgan fingerprint density at radius 3 is 3.00 bits per heavy atom. The highest BCUT2D eigenvalue weighted by atomic mass is 16.2. The molecule has 1 aliphatic carbocycles. The van der Waals surface area contributed by atoms with Gasteiger partial charge in [-0.2, -0.15) is 5.10 Å². The lowest BCUT2D eigenvalue weighted by Crippen LogP contribution is -2.27. The summed E-state index contributed by atoms with van der Waals surface area (Å²) in [6.45, 7) is 2.13. The highest BCUT2D eigenvalue weighted by Crippen LogP contribution is 2.23. The number of hydrazone groups is 1. The number of nitrogens with zero attached hydrogens (tertiary/aromatic N) is 1. The van der Waals surface area contributed by atoms with E-state index in [9.17, 15) is 4.79 Å². The van der Waals surface area contributed by atoms with Gasteiger partial charge in [0.05, 0.1) is 5.71 Å². The number of benzene rings is 1. The van der Waals surface area contributed by atoms with Crippen LogP contribution in [-0.4, -0.2) is 11.7 Å². The number of nitrogens with two attached hydrogens (primary N) is 1. The molecule has 0 bridgehead atoms. The molecule has 0 aliphatic heterocycles. The number of aryl methyl sites for hydroxylation is 2. The van der Waals surface area contributed by atoms with Gasteiger partial charge < -0.3 is 5.73 Å². The number of amides is 2. The Morgan fingerprint density at radius 1 is 1.47 bits per heavy atom. The summed E-state index contributed by atoms with van der Waals surface area (Å²) in [5.74, 6) is 0. The van der Waals surface area contributed by atoms with Crippen molar-refractivity contribution in [3.05, 3.63) is 34.9 Å². The summed E-state index contributed by atoms with van der Waals surface area (Å²) in [6, 6.07) is 5.86. The number of urea groups is 1. The predicted molar refractivity (Wildman–Crippen MR) is 68.0 cm³/mol. The topological polar surface area (TPSA) is 67.5 Å². The molecule has 3 N–H and O–H groups in total. The van der Waals surface area contributed by atoms with Gasteiger partial charge in [-0.15, -0.1) is 0 Å². The van der Waals surface area contributed by atoms with E-state index >= 15 is 0 Å². The van der Waals surface area contributed by atoms with E-state index in [0.29, 0.717) is 0 Å². The molecule has 0 radical (unpaired) electrons. The highest BCUT2D eigenvalue weighted by Gasteiger charge is 2.15. The van der Waals surface area contributed by atoms with E-state index < -0.39 is 6.03 Å². The Balaban J connectivity index is 2.35. The summed E-state index contributed by atoms with van der Waals surface area (Å²) in [5, 5.41) is 4.09. The van der Waals surface area contributed by atoms with Crippen molar-refractivity contribution in [2.45, 2.75) is 32.6 Å². The van der Waals surface area contributed by atoms with E-state index in [-0.39, 0.29) is 0 Å². The molecule has 0 unspecified atom stereocenters. The van der Waals surface area contributed by atoms with E-state index in [1.807, 2.05) is 0 Å². The molecule has 0 fully saturated rings. The summed E-state index contributed by atoms with van der Waals surface area (Å²) in [7, 11) is 0. The molecule has 0 saturated carbocycles. The number of hydrogen-bond donors (Lipinski definition) is 2. The molecular formula is C13H17N3O. The van der Waals surface area contributed by atoms with Crippen LogP contribution in [0.4, 0.5) is 4.79 Å². The number of rotatable bonds is 2. The molecule has 90 valence electrons. The molecule has 2 rings (SSSR count). The Morgan fingerprint density at radius 2 is 2.29 bits per heavy atom. The average Bonchev–Trinajstić information content (AvgIpc) is 2.35. The monoisotopic (exact) mass is 231 g/mol. The molecule has 1 aromatic carbocycles. The molecule has 0 atom stereocenters. The molecule has 1 aromatic rings. The van der Waals surface area contributed by atoms with Crippen LogP contribution in [0.15, 0.2) is 23.3 Å². The van der Waals surface area contributed by atoms with Gasteiger partial charge in [0, 0.05) is 5.56 Å². The maximum Gasteiger partial charge on any atom is 0.332 e. The molecular weight excluding hydrogens is 214 g/mol. The number of hydrogen-bond acceptors (Lipinski definition) is 2. The van der Waals surface area contributed by atoms with Crippen LogP contribution in [0.5, 0.6) is 0 Å². The number of carbonyl (C=O) groups excluding carboxylic acids is 1. The van der Waals surface area contributed by atoms with Gasteiger partial charge in [0.1, 0.15) is 0 Å². The summed E-state index contributed by atoms with van der Waals surface area (Å²) in [6.07, 6.45) is 4.04. The molecule has 0 heterocycles. The maximum absolute atomic E-state index is 10.7. The normalized spacial score (nSPS) is 16.6. The van der Waals surface area contributed by atoms with E-state index in [2.05, 4.69) is 35.7 Å². The average molecular weight is 231 g/mol. The van der Waals surface area contributed by atoms with E-state index in [4.69, 9.17) is 5.73 Å². The van der Waals surface area contributed by atoms with Crippen molar-refractivity contribution in [2.24, 2.45) is 10.8 Å². The van der Waals surface area contributed by atoms with Crippen molar-refractivity contribution in [2.75, 3.05) is 0 Å². The van der Waals surface area contributed by atoms with Crippen molar-refractivity contribution in [1.29, 1.82) is 0 Å². The molecule has 1 aliphatic rings. The van der Waals surface area contributed by atoms with Gasteiger partial charge in [0.15, 0.2) is 0 Å². The van der Waals surface area contributed by atoms with Crippen LogP contribution >= 0.6 is 0 Å². The third-order valence-corrected chi connectivity index (χ3v) is 3.05. The first-order valence-corrected chi connectivity index (χ1v) is 5.95. The minimum atomic E-state index is -0.615. The number of fused-ring (bicyclic) bond motifs is 1. The second-order valence-corrected chi connectivity index (χ2v) is 4.23. The SMILES string of the molecule is CCc1ccc2c(c1)C(=NNC(N)=O)CCC2. The molecule has 0 saturated heterocycles. The second kappa shape index (κ2) is 4.99. The first kappa shape index (κ1) is 11.6. The van der Waals surface area contributed by atoms with Crippen molar-refractivity contribution < 1.29 is 4.79 Å². The Bertz CT molecular complexity index is 466. The number of carbonyl (C=O) groups is 1. The fourth-order valence-corrected chi connectivity index (χ4v) is 2.15. The zero-order valence-corrected chi connectivity index (χ0v) is 9.99. The number of nitrogens with one attached hydrogen (secondary N) is 1. The summed E-state index contributed by atoms with van der Waals surface area (Å²) in [5.41, 5.74) is 12.0. The van der Waals surface area contributed by atoms with E-state index in [1.54, 1.807) is 0 Å². The van der Waals surface area contributed by atoms with Crippen LogP contribution in [0.1, 0.15) is 36.5 Å². The molecule has 0 aromatic heterocycles. The standard InChI is InChI=1S/C13H17N3O/c1-2-9-6-7-10-4-3-5-12(11(10)8-9)15-16-13(14)17/h6-8H,2-5H2,1H3,(H3,14,16,17). The lowest BCUT2D eigenvalue weighted by atomic mass is 9.88. The van der Waals surface area contributed by atoms with Gasteiger partial charge in [-0.05, 0) is 42.9 Å². The van der Waals surface area contributed by atoms with Gasteiger partial charge in [-0.3, -0.25) is 0 Å². The van der Waals surface area contributed by atoms with E-state index in [1.165, 1.54) is 11.1 Å². The van der Waals surface area contributed by atoms with Gasteiger partial charge in [-0.1, -0.05) is 19.1 Å². The molecule has 4 heteroatoms. The minimum Gasteiger partial charge on any atom is -0.350 e. The first-order chi connectivity index (χ1) is 8.20. The smallest absolute Gasteiger partial charge is 0.332 e. The fraction of sp³-hybridized carbons (Fsp3) is 0.385. The Kier molecular flexibility index (Phi) is 3.42. The minimum absolute atomic E-state index is 0.615. The molecule has 4 nitrogen and oxygen atoms in total. The third-order valence-electron chi connectivity index (χ3n) is 3.05. The lowest BCUT2D eigenvalue weighted by Gasteiger charge is -2.18. The van der Waals surface area contributed by atoms with Crippen LogP contribution < -0.4 is 11.2 Å². The summed E-state index contributed by atoms with van der Waals surface area (Å²) in [4.78, 5) is 10.7. The van der Waals surface area contributed by atoms with Crippen LogP contribution in [-0.2, 0) is 12.8 Å². The Labute approximate surface area is 101 Å². The first-order valence-electron chi connectivity index (χ1n) is 5.95. The molecule has 2 amide bonds. The van der Waals surface area contributed by atoms with Crippen LogP contribution in [0.2, 0.25) is 0 Å². The van der Waals surface area contributed by atoms with Crippen LogP contribution in [0.3, 0.4) is 0 Å². The van der Waals surface area contributed by atoms with Crippen molar-refractivity contribution in [3.63, 3.8) is 0 Å². The summed E-state index contributed by atoms with van der Waals surface area (Å²) < 4.78 is 0. The second-order valence-electron chi connectivity index (χ2n) is 4.23. The zero-order chi connectivity index (χ0) is 12.3. The van der Waals surface area contributed by atoms with Crippen LogP contribution in [0.25, 0.3) is 0 Å². The van der Waals surface area contributed by atoms with Gasteiger partial charge in [0.2, 0.25) is 0 Å². The molecule has 0 spiro atoms. The molecule has 17 heavy (non-hydrogen) atoms. The largest absolute Gasteiger partial charge is 0.350 e. The number of primary amides is 1. The quantitative estimate of drug-likeness (QED) is 0.751. The van der Waals surface area contributed by atoms with Crippen LogP contribution in [0, 0.1) is 0 Å². The highest BCUT2D eigenvalue weighted by molar-refractivity contribution is 6.03. The predicted octanol–water partition coefficient (Wildman–Crippen LogP) is 1.96. The van der Waals surface area contributed by atoms with Crippen molar-refractivity contribution in [3.8, 4) is 0 Å². The van der Waals surface area contributed by atoms with Crippen molar-refractivity contribution >= 4 is 11.7 Å². The van der Waals surface area contributed by atoms with E-state index in [0.717, 1.165) is 37.0 Å². The Hall–Kier alpha value is -1.84. The third kappa shape index (κ3) is 2.64. The lowest BCUT2D eigenvalue weighted by molar-refractivity contribution is 0.249. The van der Waals surface area contributed by atoms with Gasteiger partial charge >= 0.3 is 6.03 Å². The summed E-state index contributed by atoms with van der Waals surface area (Å²) >= 11 is 0. The maximum atomic E-state index is 10.7. The van der Waals surface area contributed by atoms with Gasteiger partial charge in [-0.25, -0.2) is 10.2 Å².